The zero-order valence-electron chi connectivity index (χ0n) is 20.5. The van der Waals surface area contributed by atoms with Crippen molar-refractivity contribution in [3.63, 3.8) is 0 Å². The molecule has 0 saturated heterocycles. The molecule has 3 rings (SSSR count). The fraction of sp³-hybridized carbons (Fsp3) is 0.385. The monoisotopic (exact) mass is 514 g/mol. The summed E-state index contributed by atoms with van der Waals surface area (Å²) in [6.07, 6.45) is 2.29. The topological polar surface area (TPSA) is 86.1 Å². The first-order chi connectivity index (χ1) is 16.8. The molecular weight excluding hydrogens is 484 g/mol. The summed E-state index contributed by atoms with van der Waals surface area (Å²) in [5, 5.41) is 12.6. The average molecular weight is 515 g/mol. The number of carbonyl (C=O) groups is 2. The molecule has 0 aliphatic carbocycles. The van der Waals surface area contributed by atoms with Crippen LogP contribution in [0.5, 0.6) is 5.75 Å². The number of ketones is 1. The van der Waals surface area contributed by atoms with Gasteiger partial charge in [0.25, 0.3) is 0 Å². The number of Topliss-reactive ketones (excluding diaryl/α,β-unsaturated/α-hetero) is 1. The first-order valence-electron chi connectivity index (χ1n) is 11.6. The van der Waals surface area contributed by atoms with Gasteiger partial charge in [-0.25, -0.2) is 0 Å². The molecule has 0 unspecified atom stereocenters. The zero-order valence-corrected chi connectivity index (χ0v) is 22.1. The number of aryl methyl sites for hydroxylation is 1. The Morgan fingerprint density at radius 2 is 1.89 bits per heavy atom. The third kappa shape index (κ3) is 7.57. The molecule has 0 aliphatic heterocycles. The Bertz CT molecular complexity index is 1160. The SMILES string of the molecule is COc1ccc(-n2c(CCCNC(C)=O)nnc2SCC(=O)c2ccc(CC(C)C)cc2)cc1Cl. The molecule has 35 heavy (non-hydrogen) atoms. The van der Waals surface area contributed by atoms with E-state index in [4.69, 9.17) is 16.3 Å². The van der Waals surface area contributed by atoms with Crippen molar-refractivity contribution in [1.29, 1.82) is 0 Å². The quantitative estimate of drug-likeness (QED) is 0.204. The van der Waals surface area contributed by atoms with E-state index in [0.717, 1.165) is 17.9 Å². The van der Waals surface area contributed by atoms with Crippen LogP contribution in [0, 0.1) is 5.92 Å². The second-order valence-corrected chi connectivity index (χ2v) is 10.00. The van der Waals surface area contributed by atoms with Gasteiger partial charge >= 0.3 is 0 Å². The summed E-state index contributed by atoms with van der Waals surface area (Å²) in [6, 6.07) is 13.3. The number of thioether (sulfide) groups is 1. The predicted octanol–water partition coefficient (Wildman–Crippen LogP) is 5.17. The van der Waals surface area contributed by atoms with Gasteiger partial charge in [-0.15, -0.1) is 10.2 Å². The molecule has 1 aromatic heterocycles. The van der Waals surface area contributed by atoms with Crippen LogP contribution in [0.1, 0.15) is 48.9 Å². The number of halogens is 1. The number of nitrogens with one attached hydrogen (secondary N) is 1. The Kier molecular flexibility index (Phi) is 9.74. The number of amides is 1. The molecule has 1 amide bonds. The van der Waals surface area contributed by atoms with Crippen molar-refractivity contribution >= 4 is 35.1 Å². The van der Waals surface area contributed by atoms with Gasteiger partial charge in [0.1, 0.15) is 11.6 Å². The van der Waals surface area contributed by atoms with Gasteiger partial charge in [-0.3, -0.25) is 14.2 Å². The maximum atomic E-state index is 12.9. The summed E-state index contributed by atoms with van der Waals surface area (Å²) < 4.78 is 7.18. The molecule has 0 saturated carbocycles. The lowest BCUT2D eigenvalue weighted by Crippen LogP contribution is -2.21. The number of aromatic nitrogens is 3. The van der Waals surface area contributed by atoms with Gasteiger partial charge in [0, 0.05) is 25.5 Å². The highest BCUT2D eigenvalue weighted by molar-refractivity contribution is 7.99. The second kappa shape index (κ2) is 12.7. The summed E-state index contributed by atoms with van der Waals surface area (Å²) in [6.45, 7) is 6.39. The first-order valence-corrected chi connectivity index (χ1v) is 12.9. The van der Waals surface area contributed by atoms with E-state index >= 15 is 0 Å². The number of ether oxygens (including phenoxy) is 1. The van der Waals surface area contributed by atoms with E-state index in [1.54, 1.807) is 19.2 Å². The van der Waals surface area contributed by atoms with Gasteiger partial charge in [0.05, 0.1) is 23.6 Å². The van der Waals surface area contributed by atoms with Crippen molar-refractivity contribution in [3.8, 4) is 11.4 Å². The molecule has 1 N–H and O–H groups in total. The van der Waals surface area contributed by atoms with Gasteiger partial charge in [-0.1, -0.05) is 61.5 Å². The second-order valence-electron chi connectivity index (χ2n) is 8.65. The predicted molar refractivity (Wildman–Crippen MR) is 140 cm³/mol. The minimum absolute atomic E-state index is 0.0284. The molecule has 186 valence electrons. The van der Waals surface area contributed by atoms with Gasteiger partial charge in [-0.2, -0.15) is 0 Å². The number of methoxy groups -OCH3 is 1. The molecule has 0 fully saturated rings. The summed E-state index contributed by atoms with van der Waals surface area (Å²) in [5.41, 5.74) is 2.69. The van der Waals surface area contributed by atoms with E-state index in [1.165, 1.54) is 24.2 Å². The van der Waals surface area contributed by atoms with Gasteiger partial charge in [-0.05, 0) is 42.5 Å². The molecular formula is C26H31ClN4O3S. The fourth-order valence-electron chi connectivity index (χ4n) is 3.63. The maximum absolute atomic E-state index is 12.9. The highest BCUT2D eigenvalue weighted by atomic mass is 35.5. The summed E-state index contributed by atoms with van der Waals surface area (Å²) in [7, 11) is 1.56. The van der Waals surface area contributed by atoms with Crippen LogP contribution < -0.4 is 10.1 Å². The molecule has 0 bridgehead atoms. The normalized spacial score (nSPS) is 11.0. The van der Waals surface area contributed by atoms with E-state index in [0.29, 0.717) is 46.8 Å². The molecule has 1 heterocycles. The van der Waals surface area contributed by atoms with Crippen LogP contribution in [0.25, 0.3) is 5.69 Å². The van der Waals surface area contributed by atoms with Crippen LogP contribution >= 0.6 is 23.4 Å². The number of carbonyl (C=O) groups excluding carboxylic acids is 2. The Hall–Kier alpha value is -2.84. The van der Waals surface area contributed by atoms with E-state index in [-0.39, 0.29) is 17.4 Å². The van der Waals surface area contributed by atoms with E-state index < -0.39 is 0 Å². The van der Waals surface area contributed by atoms with E-state index in [2.05, 4.69) is 29.4 Å². The standard InChI is InChI=1S/C26H31ClN4O3S/c1-17(2)14-19-7-9-20(10-8-19)23(33)16-35-26-30-29-25(6-5-13-28-18(3)32)31(26)21-11-12-24(34-4)22(27)15-21/h7-12,15,17H,5-6,13-14,16H2,1-4H3,(H,28,32). The molecule has 0 aliphatic rings. The average Bonchev–Trinajstić information content (AvgIpc) is 3.23. The number of nitrogens with zero attached hydrogens (tertiary/aromatic N) is 3. The van der Waals surface area contributed by atoms with Crippen molar-refractivity contribution < 1.29 is 14.3 Å². The highest BCUT2D eigenvalue weighted by Gasteiger charge is 2.18. The molecule has 0 radical (unpaired) electrons. The number of hydrogen-bond donors (Lipinski definition) is 1. The third-order valence-corrected chi connectivity index (χ3v) is 6.52. The lowest BCUT2D eigenvalue weighted by molar-refractivity contribution is -0.118. The maximum Gasteiger partial charge on any atom is 0.216 e. The molecule has 3 aromatic rings. The number of hydrogen-bond acceptors (Lipinski definition) is 6. The smallest absolute Gasteiger partial charge is 0.216 e. The fourth-order valence-corrected chi connectivity index (χ4v) is 4.75. The molecule has 0 atom stereocenters. The van der Waals surface area contributed by atoms with Crippen LogP contribution in [0.15, 0.2) is 47.6 Å². The van der Waals surface area contributed by atoms with E-state index in [1.807, 2.05) is 34.9 Å². The van der Waals surface area contributed by atoms with E-state index in [9.17, 15) is 9.59 Å². The molecule has 9 heteroatoms. The third-order valence-electron chi connectivity index (χ3n) is 5.30. The lowest BCUT2D eigenvalue weighted by Gasteiger charge is -2.12. The highest BCUT2D eigenvalue weighted by Crippen LogP contribution is 2.30. The number of rotatable bonds is 12. The van der Waals surface area contributed by atoms with Crippen molar-refractivity contribution in [2.24, 2.45) is 5.92 Å². The van der Waals surface area contributed by atoms with Crippen molar-refractivity contribution in [2.75, 3.05) is 19.4 Å². The molecule has 0 spiro atoms. The van der Waals surface area contributed by atoms with Gasteiger partial charge in [0.2, 0.25) is 5.91 Å². The van der Waals surface area contributed by atoms with Crippen LogP contribution in [-0.2, 0) is 17.6 Å². The number of benzene rings is 2. The van der Waals surface area contributed by atoms with Crippen LogP contribution in [-0.4, -0.2) is 45.9 Å². The molecule has 2 aromatic carbocycles. The Balaban J connectivity index is 1.78. The van der Waals surface area contributed by atoms with Crippen LogP contribution in [0.4, 0.5) is 0 Å². The minimum atomic E-state index is -0.0691. The Morgan fingerprint density at radius 3 is 2.51 bits per heavy atom. The summed E-state index contributed by atoms with van der Waals surface area (Å²) in [5.74, 6) is 2.06. The van der Waals surface area contributed by atoms with Gasteiger partial charge < -0.3 is 10.1 Å². The van der Waals surface area contributed by atoms with Crippen molar-refractivity contribution in [2.45, 2.75) is 45.2 Å². The van der Waals surface area contributed by atoms with Crippen LogP contribution in [0.2, 0.25) is 5.02 Å². The van der Waals surface area contributed by atoms with Crippen molar-refractivity contribution in [1.82, 2.24) is 20.1 Å². The molecule has 7 nitrogen and oxygen atoms in total. The van der Waals surface area contributed by atoms with Crippen LogP contribution in [0.3, 0.4) is 0 Å². The Morgan fingerprint density at radius 1 is 1.14 bits per heavy atom. The largest absolute Gasteiger partial charge is 0.495 e. The first kappa shape index (κ1) is 26.8. The summed E-state index contributed by atoms with van der Waals surface area (Å²) >= 11 is 7.71. The minimum Gasteiger partial charge on any atom is -0.495 e. The van der Waals surface area contributed by atoms with Gasteiger partial charge in [0.15, 0.2) is 10.9 Å². The zero-order chi connectivity index (χ0) is 25.4. The lowest BCUT2D eigenvalue weighted by atomic mass is 10.0. The van der Waals surface area contributed by atoms with Crippen molar-refractivity contribution in [3.05, 3.63) is 64.4 Å². The summed E-state index contributed by atoms with van der Waals surface area (Å²) in [4.78, 5) is 24.0. The Labute approximate surface area is 215 Å².